The molecule has 0 aliphatic carbocycles. The van der Waals surface area contributed by atoms with Crippen LogP contribution in [-0.2, 0) is 23.9 Å². The molecule has 0 aliphatic rings. The van der Waals surface area contributed by atoms with E-state index in [9.17, 15) is 34.5 Å². The fourth-order valence-electron chi connectivity index (χ4n) is 10.7. The highest BCUT2D eigenvalue weighted by atomic mass is 16.5. The largest absolute Gasteiger partial charge is 0.481 e. The molecule has 0 aliphatic heterocycles. The summed E-state index contributed by atoms with van der Waals surface area (Å²) >= 11 is 0. The zero-order chi connectivity index (χ0) is 49.5. The normalized spacial score (nSPS) is 13.2. The van der Waals surface area contributed by atoms with E-state index in [1.54, 1.807) is 0 Å². The molecular formula is C59H112O8. The number of ether oxygens (including phenoxy) is 1. The van der Waals surface area contributed by atoms with Gasteiger partial charge in [0.15, 0.2) is 5.92 Å². The molecule has 8 heteroatoms. The van der Waals surface area contributed by atoms with Crippen LogP contribution in [0.15, 0.2) is 0 Å². The molecule has 0 bridgehead atoms. The summed E-state index contributed by atoms with van der Waals surface area (Å²) < 4.78 is 6.28. The second-order valence-electron chi connectivity index (χ2n) is 21.0. The van der Waals surface area contributed by atoms with E-state index < -0.39 is 40.6 Å². The lowest BCUT2D eigenvalue weighted by molar-refractivity contribution is -0.219. The minimum Gasteiger partial charge on any atom is -0.481 e. The Morgan fingerprint density at radius 1 is 0.343 bits per heavy atom. The van der Waals surface area contributed by atoms with E-state index >= 15 is 0 Å². The highest BCUT2D eigenvalue weighted by Crippen LogP contribution is 2.50. The second-order valence-corrected chi connectivity index (χ2v) is 21.0. The van der Waals surface area contributed by atoms with Gasteiger partial charge in [0.2, 0.25) is 5.60 Å². The van der Waals surface area contributed by atoms with Gasteiger partial charge in [-0.15, -0.1) is 0 Å². The third-order valence-electron chi connectivity index (χ3n) is 15.0. The van der Waals surface area contributed by atoms with Gasteiger partial charge in [-0.2, -0.15) is 0 Å². The maximum Gasteiger partial charge on any atom is 0.338 e. The zero-order valence-electron chi connectivity index (χ0n) is 44.9. The van der Waals surface area contributed by atoms with E-state index in [0.29, 0.717) is 19.3 Å². The Bertz CT molecular complexity index is 1110. The van der Waals surface area contributed by atoms with Gasteiger partial charge >= 0.3 is 17.9 Å². The van der Waals surface area contributed by atoms with Crippen LogP contribution in [0.4, 0.5) is 0 Å². The Kier molecular flexibility index (Phi) is 45.1. The minimum absolute atomic E-state index is 0.0403. The standard InChI is InChI=1S/C59H112O8/c1-5-8-11-14-17-20-23-26-29-32-35-38-41-44-47-50-58(56(63)64,51-48-45-42-39-36-33-30-27-24-21-18-15-12-9-6-2)59(57(65)66,54(53(4)60)55(61)62)67-52-49-46-43-40-37-34-31-28-25-22-19-16-13-10-7-3/h54H,5-52H2,1-4H3,(H,61,62)(H,63,64)(H,65,66). The lowest BCUT2D eigenvalue weighted by Gasteiger charge is -2.47. The first-order valence-electron chi connectivity index (χ1n) is 29.4. The van der Waals surface area contributed by atoms with Crippen molar-refractivity contribution in [2.75, 3.05) is 6.61 Å². The predicted molar refractivity (Wildman–Crippen MR) is 282 cm³/mol. The van der Waals surface area contributed by atoms with E-state index in [-0.39, 0.29) is 19.4 Å². The maximum atomic E-state index is 13.8. The Morgan fingerprint density at radius 3 is 0.761 bits per heavy atom. The molecule has 0 aromatic rings. The van der Waals surface area contributed by atoms with Gasteiger partial charge in [-0.05, 0) is 26.2 Å². The van der Waals surface area contributed by atoms with Crippen molar-refractivity contribution in [3.05, 3.63) is 0 Å². The van der Waals surface area contributed by atoms with E-state index in [2.05, 4.69) is 20.8 Å². The third kappa shape index (κ3) is 31.8. The molecule has 0 amide bonds. The molecule has 0 radical (unpaired) electrons. The molecule has 0 saturated heterocycles. The maximum absolute atomic E-state index is 13.8. The Labute approximate surface area is 414 Å². The average molecular weight is 950 g/mol. The van der Waals surface area contributed by atoms with Crippen molar-refractivity contribution in [2.45, 2.75) is 335 Å². The summed E-state index contributed by atoms with van der Waals surface area (Å²) in [4.78, 5) is 53.8. The summed E-state index contributed by atoms with van der Waals surface area (Å²) in [6.45, 7) is 7.72. The first-order chi connectivity index (χ1) is 32.6. The molecular weight excluding hydrogens is 837 g/mol. The van der Waals surface area contributed by atoms with Crippen LogP contribution in [0.5, 0.6) is 0 Å². The number of hydrogen-bond donors (Lipinski definition) is 3. The van der Waals surface area contributed by atoms with E-state index in [0.717, 1.165) is 84.0 Å². The first-order valence-corrected chi connectivity index (χ1v) is 29.4. The van der Waals surface area contributed by atoms with Gasteiger partial charge in [0.1, 0.15) is 11.2 Å². The number of aliphatic carboxylic acids is 3. The Morgan fingerprint density at radius 2 is 0.567 bits per heavy atom. The van der Waals surface area contributed by atoms with E-state index in [4.69, 9.17) is 4.74 Å². The van der Waals surface area contributed by atoms with Gasteiger partial charge in [-0.25, -0.2) is 4.79 Å². The van der Waals surface area contributed by atoms with Crippen molar-refractivity contribution in [3.63, 3.8) is 0 Å². The number of rotatable bonds is 55. The average Bonchev–Trinajstić information content (AvgIpc) is 3.29. The smallest absolute Gasteiger partial charge is 0.338 e. The number of carboxylic acid groups (broad SMARTS) is 3. The van der Waals surface area contributed by atoms with Gasteiger partial charge in [-0.1, -0.05) is 303 Å². The number of carbonyl (C=O) groups is 4. The Balaban J connectivity index is 5.58. The topological polar surface area (TPSA) is 138 Å². The van der Waals surface area contributed by atoms with Crippen molar-refractivity contribution < 1.29 is 39.2 Å². The molecule has 3 N–H and O–H groups in total. The second kappa shape index (κ2) is 46.4. The van der Waals surface area contributed by atoms with Crippen LogP contribution in [0.1, 0.15) is 329 Å². The van der Waals surface area contributed by atoms with Crippen LogP contribution in [-0.4, -0.2) is 51.2 Å². The fraction of sp³-hybridized carbons (Fsp3) is 0.932. The lowest BCUT2D eigenvalue weighted by atomic mass is 9.59. The van der Waals surface area contributed by atoms with Crippen molar-refractivity contribution in [1.29, 1.82) is 0 Å². The molecule has 0 saturated carbocycles. The highest BCUT2D eigenvalue weighted by molar-refractivity contribution is 6.06. The third-order valence-corrected chi connectivity index (χ3v) is 15.0. The number of hydrogen-bond acceptors (Lipinski definition) is 5. The van der Waals surface area contributed by atoms with Crippen LogP contribution in [0, 0.1) is 11.3 Å². The zero-order valence-corrected chi connectivity index (χ0v) is 44.9. The van der Waals surface area contributed by atoms with Crippen LogP contribution in [0.3, 0.4) is 0 Å². The summed E-state index contributed by atoms with van der Waals surface area (Å²) in [5, 5.41) is 32.9. The predicted octanol–water partition coefficient (Wildman–Crippen LogP) is 18.6. The molecule has 396 valence electrons. The van der Waals surface area contributed by atoms with Crippen molar-refractivity contribution in [3.8, 4) is 0 Å². The SMILES string of the molecule is CCCCCCCCCCCCCCCCCOC(C(=O)O)(C(C(C)=O)C(=O)O)C(CCCCCCCCCCCCCCCCC)(CCCCCCCCCCCCCCCCC)C(=O)O. The quantitative estimate of drug-likeness (QED) is 0.0405. The van der Waals surface area contributed by atoms with Gasteiger partial charge in [-0.3, -0.25) is 14.4 Å². The fourth-order valence-corrected chi connectivity index (χ4v) is 10.7. The number of ketones is 1. The van der Waals surface area contributed by atoms with Gasteiger partial charge in [0, 0.05) is 6.61 Å². The number of Topliss-reactive ketones (excluding diaryl/α,β-unsaturated/α-hetero) is 1. The molecule has 8 nitrogen and oxygen atoms in total. The molecule has 0 spiro atoms. The van der Waals surface area contributed by atoms with Crippen molar-refractivity contribution in [2.24, 2.45) is 11.3 Å². The van der Waals surface area contributed by atoms with Crippen molar-refractivity contribution >= 4 is 23.7 Å². The van der Waals surface area contributed by atoms with E-state index in [1.807, 2.05) is 0 Å². The van der Waals surface area contributed by atoms with Crippen LogP contribution in [0.25, 0.3) is 0 Å². The first kappa shape index (κ1) is 65.0. The summed E-state index contributed by atoms with van der Waals surface area (Å²) in [5.41, 5.74) is -4.80. The molecule has 0 fully saturated rings. The molecule has 0 heterocycles. The van der Waals surface area contributed by atoms with Gasteiger partial charge < -0.3 is 20.1 Å². The summed E-state index contributed by atoms with van der Waals surface area (Å²) in [6, 6.07) is 0. The van der Waals surface area contributed by atoms with Crippen molar-refractivity contribution in [1.82, 2.24) is 0 Å². The molecule has 0 aromatic carbocycles. The molecule has 2 unspecified atom stereocenters. The number of carbonyl (C=O) groups excluding carboxylic acids is 1. The summed E-state index contributed by atoms with van der Waals surface area (Å²) in [7, 11) is 0. The molecule has 0 rings (SSSR count). The molecule has 67 heavy (non-hydrogen) atoms. The molecule has 0 aromatic heterocycles. The monoisotopic (exact) mass is 949 g/mol. The van der Waals surface area contributed by atoms with Gasteiger partial charge in [0.05, 0.1) is 0 Å². The number of unbranched alkanes of at least 4 members (excludes halogenated alkanes) is 42. The highest BCUT2D eigenvalue weighted by Gasteiger charge is 2.69. The van der Waals surface area contributed by atoms with Gasteiger partial charge in [0.25, 0.3) is 0 Å². The Hall–Kier alpha value is -1.96. The molecule has 2 atom stereocenters. The lowest BCUT2D eigenvalue weighted by Crippen LogP contribution is -2.67. The van der Waals surface area contributed by atoms with Crippen LogP contribution in [0.2, 0.25) is 0 Å². The summed E-state index contributed by atoms with van der Waals surface area (Å²) in [6.07, 6.45) is 51.7. The van der Waals surface area contributed by atoms with E-state index in [1.165, 1.54) is 193 Å². The number of carboxylic acids is 3. The van der Waals surface area contributed by atoms with Crippen LogP contribution >= 0.6 is 0 Å². The minimum atomic E-state index is -2.72. The van der Waals surface area contributed by atoms with Crippen LogP contribution < -0.4 is 0 Å². The summed E-state index contributed by atoms with van der Waals surface area (Å²) in [5.74, 6) is -7.67.